The van der Waals surface area contributed by atoms with Crippen molar-refractivity contribution in [2.75, 3.05) is 25.7 Å². The Morgan fingerprint density at radius 2 is 1.83 bits per heavy atom. The molecule has 2 heterocycles. The van der Waals surface area contributed by atoms with E-state index in [2.05, 4.69) is 10.1 Å². The zero-order valence-corrected chi connectivity index (χ0v) is 16.9. The average molecular weight is 393 g/mol. The molecule has 4 rings (SSSR count). The van der Waals surface area contributed by atoms with Gasteiger partial charge >= 0.3 is 0 Å². The molecule has 7 nitrogen and oxygen atoms in total. The number of amides is 1. The molecule has 1 aliphatic heterocycles. The van der Waals surface area contributed by atoms with Gasteiger partial charge in [0.25, 0.3) is 0 Å². The molecule has 0 saturated carbocycles. The van der Waals surface area contributed by atoms with E-state index in [1.807, 2.05) is 49.1 Å². The van der Waals surface area contributed by atoms with Crippen molar-refractivity contribution in [3.63, 3.8) is 0 Å². The van der Waals surface area contributed by atoms with Gasteiger partial charge in [-0.15, -0.1) is 0 Å². The fraction of sp³-hybridized carbons (Fsp3) is 0.318. The third-order valence-corrected chi connectivity index (χ3v) is 5.39. The zero-order chi connectivity index (χ0) is 20.5. The molecule has 1 atom stereocenters. The van der Waals surface area contributed by atoms with Gasteiger partial charge in [0, 0.05) is 30.3 Å². The maximum Gasteiger partial charge on any atom is 0.232 e. The lowest BCUT2D eigenvalue weighted by atomic mass is 10.1. The van der Waals surface area contributed by atoms with Crippen molar-refractivity contribution in [1.82, 2.24) is 10.1 Å². The molecule has 0 radical (unpaired) electrons. The highest BCUT2D eigenvalue weighted by atomic mass is 16.5. The molecular formula is C22H23N3O4. The molecule has 150 valence electrons. The monoisotopic (exact) mass is 393 g/mol. The molecule has 0 bridgehead atoms. The van der Waals surface area contributed by atoms with Crippen LogP contribution < -0.4 is 14.4 Å². The fourth-order valence-electron chi connectivity index (χ4n) is 3.59. The largest absolute Gasteiger partial charge is 0.497 e. The van der Waals surface area contributed by atoms with Crippen LogP contribution in [0.3, 0.4) is 0 Å². The highest BCUT2D eigenvalue weighted by Crippen LogP contribution is 2.35. The number of aromatic nitrogens is 2. The van der Waals surface area contributed by atoms with Crippen LogP contribution >= 0.6 is 0 Å². The van der Waals surface area contributed by atoms with Crippen LogP contribution in [0.2, 0.25) is 0 Å². The molecule has 0 spiro atoms. The lowest BCUT2D eigenvalue weighted by Gasteiger charge is -2.19. The van der Waals surface area contributed by atoms with Crippen LogP contribution in [-0.2, 0) is 4.79 Å². The molecule has 2 aromatic carbocycles. The fourth-order valence-corrected chi connectivity index (χ4v) is 3.59. The normalized spacial score (nSPS) is 16.3. The number of carbonyl (C=O) groups excluding carboxylic acids is 1. The van der Waals surface area contributed by atoms with Crippen molar-refractivity contribution in [3.8, 4) is 22.9 Å². The smallest absolute Gasteiger partial charge is 0.232 e. The number of aryl methyl sites for hydroxylation is 1. The molecule has 1 amide bonds. The number of nitrogens with zero attached hydrogens (tertiary/aromatic N) is 3. The number of hydrogen-bond donors (Lipinski definition) is 0. The van der Waals surface area contributed by atoms with Crippen molar-refractivity contribution in [2.24, 2.45) is 0 Å². The highest BCUT2D eigenvalue weighted by Gasteiger charge is 2.35. The number of carbonyl (C=O) groups is 1. The number of ether oxygens (including phenoxy) is 2. The van der Waals surface area contributed by atoms with E-state index in [1.54, 1.807) is 20.3 Å². The summed E-state index contributed by atoms with van der Waals surface area (Å²) in [7, 11) is 3.18. The first-order valence-electron chi connectivity index (χ1n) is 9.43. The Labute approximate surface area is 169 Å². The van der Waals surface area contributed by atoms with Gasteiger partial charge < -0.3 is 18.9 Å². The minimum Gasteiger partial charge on any atom is -0.497 e. The molecule has 1 saturated heterocycles. The van der Waals surface area contributed by atoms with E-state index >= 15 is 0 Å². The van der Waals surface area contributed by atoms with Crippen molar-refractivity contribution in [1.29, 1.82) is 0 Å². The lowest BCUT2D eigenvalue weighted by Crippen LogP contribution is -2.25. The summed E-state index contributed by atoms with van der Waals surface area (Å²) in [4.78, 5) is 19.0. The van der Waals surface area contributed by atoms with Crippen LogP contribution in [0.4, 0.5) is 5.69 Å². The maximum absolute atomic E-state index is 12.7. The van der Waals surface area contributed by atoms with E-state index in [0.29, 0.717) is 36.2 Å². The molecule has 0 N–H and O–H groups in total. The van der Waals surface area contributed by atoms with Crippen molar-refractivity contribution in [2.45, 2.75) is 26.2 Å². The van der Waals surface area contributed by atoms with Gasteiger partial charge in [-0.1, -0.05) is 17.3 Å². The Hall–Kier alpha value is -3.35. The van der Waals surface area contributed by atoms with E-state index in [9.17, 15) is 4.79 Å². The van der Waals surface area contributed by atoms with Crippen molar-refractivity contribution in [3.05, 3.63) is 53.4 Å². The summed E-state index contributed by atoms with van der Waals surface area (Å²) in [6.07, 6.45) is 0.344. The SMILES string of the molecule is COc1cc(OC)cc(-c2noc(C3CC(=O)N(c4cccc(C)c4C)C3)n2)c1. The number of methoxy groups -OCH3 is 2. The van der Waals surface area contributed by atoms with Crippen LogP contribution in [0.5, 0.6) is 11.5 Å². The van der Waals surface area contributed by atoms with Crippen LogP contribution in [-0.4, -0.2) is 36.8 Å². The van der Waals surface area contributed by atoms with E-state index in [-0.39, 0.29) is 11.8 Å². The second-order valence-electron chi connectivity index (χ2n) is 7.18. The van der Waals surface area contributed by atoms with Crippen molar-refractivity contribution >= 4 is 11.6 Å². The summed E-state index contributed by atoms with van der Waals surface area (Å²) >= 11 is 0. The van der Waals surface area contributed by atoms with Crippen molar-refractivity contribution < 1.29 is 18.8 Å². The second kappa shape index (κ2) is 7.58. The van der Waals surface area contributed by atoms with Crippen LogP contribution in [0.25, 0.3) is 11.4 Å². The van der Waals surface area contributed by atoms with E-state index in [4.69, 9.17) is 14.0 Å². The Balaban J connectivity index is 1.59. The summed E-state index contributed by atoms with van der Waals surface area (Å²) < 4.78 is 16.1. The summed E-state index contributed by atoms with van der Waals surface area (Å²) in [5.41, 5.74) is 3.93. The van der Waals surface area contributed by atoms with Gasteiger partial charge in [0.1, 0.15) is 11.5 Å². The van der Waals surface area contributed by atoms with Gasteiger partial charge in [0.15, 0.2) is 0 Å². The lowest BCUT2D eigenvalue weighted by molar-refractivity contribution is -0.117. The Bertz CT molecular complexity index is 1040. The molecule has 1 fully saturated rings. The molecule has 3 aromatic rings. The topological polar surface area (TPSA) is 77.7 Å². The van der Waals surface area contributed by atoms with E-state index < -0.39 is 0 Å². The predicted octanol–water partition coefficient (Wildman–Crippen LogP) is 3.89. The molecule has 0 aliphatic carbocycles. The number of benzene rings is 2. The summed E-state index contributed by atoms with van der Waals surface area (Å²) in [6, 6.07) is 11.4. The van der Waals surface area contributed by atoms with Crippen LogP contribution in [0, 0.1) is 13.8 Å². The minimum atomic E-state index is -0.142. The van der Waals surface area contributed by atoms with Gasteiger partial charge in [-0.05, 0) is 43.2 Å². The Kier molecular flexibility index (Phi) is 4.96. The predicted molar refractivity (Wildman–Crippen MR) is 108 cm³/mol. The molecule has 1 unspecified atom stereocenters. The Morgan fingerprint density at radius 3 is 2.52 bits per heavy atom. The number of hydrogen-bond acceptors (Lipinski definition) is 6. The third kappa shape index (κ3) is 3.55. The first-order chi connectivity index (χ1) is 14.0. The number of rotatable bonds is 5. The van der Waals surface area contributed by atoms with Crippen LogP contribution in [0.15, 0.2) is 40.9 Å². The van der Waals surface area contributed by atoms with Gasteiger partial charge in [-0.25, -0.2) is 0 Å². The quantitative estimate of drug-likeness (QED) is 0.654. The van der Waals surface area contributed by atoms with Gasteiger partial charge in [-0.3, -0.25) is 4.79 Å². The first-order valence-corrected chi connectivity index (χ1v) is 9.43. The van der Waals surface area contributed by atoms with Gasteiger partial charge in [0.05, 0.1) is 20.1 Å². The highest BCUT2D eigenvalue weighted by molar-refractivity contribution is 5.97. The summed E-state index contributed by atoms with van der Waals surface area (Å²) in [6.45, 7) is 4.60. The molecule has 29 heavy (non-hydrogen) atoms. The third-order valence-electron chi connectivity index (χ3n) is 5.39. The second-order valence-corrected chi connectivity index (χ2v) is 7.18. The summed E-state index contributed by atoms with van der Waals surface area (Å²) in [5, 5.41) is 4.11. The van der Waals surface area contributed by atoms with E-state index in [0.717, 1.165) is 22.4 Å². The Morgan fingerprint density at radius 1 is 1.10 bits per heavy atom. The molecule has 1 aliphatic rings. The zero-order valence-electron chi connectivity index (χ0n) is 16.9. The maximum atomic E-state index is 12.7. The molecule has 1 aromatic heterocycles. The standard InChI is InChI=1S/C22H23N3O4/c1-13-6-5-7-19(14(13)2)25-12-16(10-20(25)26)22-23-21(24-29-22)15-8-17(27-3)11-18(9-15)28-4/h5-9,11,16H,10,12H2,1-4H3. The summed E-state index contributed by atoms with van der Waals surface area (Å²) in [5.74, 6) is 2.10. The van der Waals surface area contributed by atoms with Crippen LogP contribution in [0.1, 0.15) is 29.4 Å². The van der Waals surface area contributed by atoms with E-state index in [1.165, 1.54) is 0 Å². The van der Waals surface area contributed by atoms with Gasteiger partial charge in [0.2, 0.25) is 17.6 Å². The molecule has 7 heteroatoms. The number of anilines is 1. The molecular weight excluding hydrogens is 370 g/mol. The van der Waals surface area contributed by atoms with Gasteiger partial charge in [-0.2, -0.15) is 4.98 Å². The minimum absolute atomic E-state index is 0.0616. The first kappa shape index (κ1) is 19.0. The average Bonchev–Trinajstić information content (AvgIpc) is 3.36.